The minimum absolute atomic E-state index is 0.00143. The molecule has 14 heteroatoms. The van der Waals surface area contributed by atoms with E-state index in [-0.39, 0.29) is 43.4 Å². The molecule has 0 radical (unpaired) electrons. The van der Waals surface area contributed by atoms with Crippen molar-refractivity contribution in [3.05, 3.63) is 48.2 Å². The minimum atomic E-state index is -1.36. The molecule has 1 fully saturated rings. The third-order valence-corrected chi connectivity index (χ3v) is 7.79. The highest BCUT2D eigenvalue weighted by Crippen LogP contribution is 2.27. The molecule has 0 aliphatic heterocycles. The molecule has 0 bridgehead atoms. The van der Waals surface area contributed by atoms with Gasteiger partial charge >= 0.3 is 12.1 Å². The number of ketones is 1. The molecule has 264 valence electrons. The molecule has 0 aromatic rings. The quantitative estimate of drug-likeness (QED) is 0.0717. The second-order valence-corrected chi connectivity index (χ2v) is 12.2. The number of amides is 5. The Hall–Kier alpha value is -4.75. The highest BCUT2D eigenvalue weighted by Gasteiger charge is 2.35. The molecule has 3 atom stereocenters. The van der Waals surface area contributed by atoms with Gasteiger partial charge in [0.15, 0.2) is 0 Å². The van der Waals surface area contributed by atoms with Gasteiger partial charge in [-0.1, -0.05) is 76.8 Å². The Morgan fingerprint density at radius 1 is 0.979 bits per heavy atom. The number of ether oxygens (including phenoxy) is 1. The van der Waals surface area contributed by atoms with Crippen LogP contribution < -0.4 is 26.6 Å². The van der Waals surface area contributed by atoms with E-state index < -0.39 is 66.1 Å². The van der Waals surface area contributed by atoms with Crippen LogP contribution in [0.1, 0.15) is 78.6 Å². The zero-order valence-corrected chi connectivity index (χ0v) is 28.0. The van der Waals surface area contributed by atoms with E-state index in [9.17, 15) is 38.7 Å². The number of rotatable bonds is 18. The number of nitrogens with one attached hydrogen (secondary N) is 5. The zero-order valence-electron chi connectivity index (χ0n) is 28.0. The van der Waals surface area contributed by atoms with Crippen molar-refractivity contribution in [1.29, 1.82) is 0 Å². The summed E-state index contributed by atoms with van der Waals surface area (Å²) in [6.45, 7) is 8.66. The van der Waals surface area contributed by atoms with Crippen molar-refractivity contribution in [2.24, 2.45) is 11.8 Å². The molecule has 14 nitrogen and oxygen atoms in total. The van der Waals surface area contributed by atoms with Gasteiger partial charge in [-0.15, -0.1) is 6.58 Å². The first-order valence-corrected chi connectivity index (χ1v) is 16.4. The van der Waals surface area contributed by atoms with E-state index in [0.29, 0.717) is 24.8 Å². The third-order valence-electron chi connectivity index (χ3n) is 7.79. The lowest BCUT2D eigenvalue weighted by Crippen LogP contribution is -2.58. The van der Waals surface area contributed by atoms with Crippen molar-refractivity contribution in [3.8, 4) is 0 Å². The molecule has 2 aliphatic rings. The molecule has 1 unspecified atom stereocenters. The number of alkyl carbamates (subject to hydrolysis) is 1. The van der Waals surface area contributed by atoms with E-state index in [1.54, 1.807) is 31.2 Å². The number of hydrogen-bond acceptors (Lipinski definition) is 8. The van der Waals surface area contributed by atoms with Crippen molar-refractivity contribution < 1.29 is 43.4 Å². The zero-order chi connectivity index (χ0) is 35.6. The topological polar surface area (TPSA) is 209 Å². The summed E-state index contributed by atoms with van der Waals surface area (Å²) in [4.78, 5) is 89.3. The summed E-state index contributed by atoms with van der Waals surface area (Å²) < 4.78 is 5.24. The van der Waals surface area contributed by atoms with Crippen LogP contribution in [0.15, 0.2) is 48.2 Å². The molecule has 6 N–H and O–H groups in total. The average molecular weight is 672 g/mol. The van der Waals surface area contributed by atoms with Crippen molar-refractivity contribution in [2.75, 3.05) is 13.2 Å². The molecule has 0 saturated heterocycles. The molecule has 0 aromatic carbocycles. The Kier molecular flexibility index (Phi) is 16.8. The molecule has 2 aliphatic carbocycles. The van der Waals surface area contributed by atoms with E-state index in [1.807, 2.05) is 13.8 Å². The van der Waals surface area contributed by atoms with Gasteiger partial charge < -0.3 is 36.4 Å². The lowest BCUT2D eigenvalue weighted by Gasteiger charge is -2.31. The molecule has 1 saturated carbocycles. The number of Topliss-reactive ketones (excluding diaryl/α,β-unsaturated/α-hetero) is 1. The fourth-order valence-corrected chi connectivity index (χ4v) is 5.32. The maximum Gasteiger partial charge on any atom is 0.407 e. The standard InChI is InChI=1S/C34H49N5O9/c1-5-13-24(29(41)32(44)35-19-26(40)38-28(33(45)46)23-17-11-8-12-18-23)36-30(42)25(14-6-2)37-31(43)27(22-15-9-7-10-16-22)39-34(47)48-20-21(3)4/h6,8,11-12,17,21-22,24-25,27H,2,5,7,9-10,13-16,18-20H2,1,3-4H3,(H,35,44)(H,36,42)(H,37,43)(H,38,40)(H,39,47)(H,45,46)/t24?,25-,27-/m0/s1. The van der Waals surface area contributed by atoms with Gasteiger partial charge in [0.05, 0.1) is 19.2 Å². The van der Waals surface area contributed by atoms with Crippen molar-refractivity contribution in [1.82, 2.24) is 26.6 Å². The molecule has 0 heterocycles. The number of hydrogen-bond donors (Lipinski definition) is 6. The van der Waals surface area contributed by atoms with E-state index in [0.717, 1.165) is 19.3 Å². The summed E-state index contributed by atoms with van der Waals surface area (Å²) in [5.41, 5.74) is 0.0144. The van der Waals surface area contributed by atoms with Crippen LogP contribution in [0, 0.1) is 11.8 Å². The first-order valence-electron chi connectivity index (χ1n) is 16.4. The Balaban J connectivity index is 2.07. The lowest BCUT2D eigenvalue weighted by molar-refractivity contribution is -0.141. The van der Waals surface area contributed by atoms with Crippen LogP contribution in [-0.2, 0) is 33.5 Å². The fraction of sp³-hybridized carbons (Fsp3) is 0.559. The van der Waals surface area contributed by atoms with Gasteiger partial charge in [0, 0.05) is 0 Å². The van der Waals surface area contributed by atoms with E-state index in [4.69, 9.17) is 4.74 Å². The van der Waals surface area contributed by atoms with Crippen LogP contribution in [-0.4, -0.2) is 77.9 Å². The normalized spacial score (nSPS) is 17.2. The number of carbonyl (C=O) groups excluding carboxylic acids is 6. The summed E-state index contributed by atoms with van der Waals surface area (Å²) in [7, 11) is 0. The summed E-state index contributed by atoms with van der Waals surface area (Å²) in [6, 6.07) is -3.39. The maximum absolute atomic E-state index is 13.5. The molecule has 5 amide bonds. The SMILES string of the molecule is C=CC[C@H](NC(=O)[C@@H](NC(=O)OCC(C)C)C1CCCCC1)C(=O)NC(CCC)C(=O)C(=O)NCC(=O)NC(C(=O)O)=C1C=CC=CC1. The Morgan fingerprint density at radius 2 is 1.67 bits per heavy atom. The van der Waals surface area contributed by atoms with Crippen LogP contribution in [0.3, 0.4) is 0 Å². The number of carbonyl (C=O) groups is 7. The number of allylic oxidation sites excluding steroid dienone is 5. The molecule has 0 spiro atoms. The molecule has 48 heavy (non-hydrogen) atoms. The van der Waals surface area contributed by atoms with Crippen LogP contribution in [0.5, 0.6) is 0 Å². The van der Waals surface area contributed by atoms with Gasteiger partial charge in [0.1, 0.15) is 17.8 Å². The van der Waals surface area contributed by atoms with Crippen LogP contribution in [0.4, 0.5) is 4.79 Å². The highest BCUT2D eigenvalue weighted by molar-refractivity contribution is 6.38. The Bertz CT molecular complexity index is 1300. The minimum Gasteiger partial charge on any atom is -0.477 e. The second kappa shape index (κ2) is 20.5. The first-order chi connectivity index (χ1) is 22.9. The van der Waals surface area contributed by atoms with E-state index in [1.165, 1.54) is 6.08 Å². The maximum atomic E-state index is 13.5. The predicted molar refractivity (Wildman–Crippen MR) is 177 cm³/mol. The summed E-state index contributed by atoms with van der Waals surface area (Å²) >= 11 is 0. The molecule has 0 aromatic heterocycles. The number of carboxylic acids is 1. The second-order valence-electron chi connectivity index (χ2n) is 12.2. The number of aliphatic carboxylic acids is 1. The molecular formula is C34H49N5O9. The third kappa shape index (κ3) is 13.2. The van der Waals surface area contributed by atoms with Crippen LogP contribution in [0.2, 0.25) is 0 Å². The van der Waals surface area contributed by atoms with Crippen molar-refractivity contribution >= 4 is 41.5 Å². The van der Waals surface area contributed by atoms with E-state index >= 15 is 0 Å². The molecule has 2 rings (SSSR count). The Labute approximate surface area is 281 Å². The largest absolute Gasteiger partial charge is 0.477 e. The Morgan fingerprint density at radius 3 is 2.25 bits per heavy atom. The van der Waals surface area contributed by atoms with Gasteiger partial charge in [-0.05, 0) is 49.5 Å². The summed E-state index contributed by atoms with van der Waals surface area (Å²) in [5, 5.41) is 21.8. The lowest BCUT2D eigenvalue weighted by atomic mass is 9.83. The molecular weight excluding hydrogens is 622 g/mol. The summed E-state index contributed by atoms with van der Waals surface area (Å²) in [5.74, 6) is -5.77. The highest BCUT2D eigenvalue weighted by atomic mass is 16.5. The van der Waals surface area contributed by atoms with Gasteiger partial charge in [0.25, 0.3) is 5.91 Å². The monoisotopic (exact) mass is 671 g/mol. The first kappa shape index (κ1) is 39.4. The average Bonchev–Trinajstić information content (AvgIpc) is 3.07. The van der Waals surface area contributed by atoms with Crippen LogP contribution in [0.25, 0.3) is 0 Å². The van der Waals surface area contributed by atoms with Crippen molar-refractivity contribution in [3.63, 3.8) is 0 Å². The fourth-order valence-electron chi connectivity index (χ4n) is 5.32. The predicted octanol–water partition coefficient (Wildman–Crippen LogP) is 2.32. The van der Waals surface area contributed by atoms with Crippen molar-refractivity contribution in [2.45, 2.75) is 96.7 Å². The van der Waals surface area contributed by atoms with Gasteiger partial charge in [-0.25, -0.2) is 9.59 Å². The van der Waals surface area contributed by atoms with Gasteiger partial charge in [0.2, 0.25) is 23.5 Å². The number of carboxylic acid groups (broad SMARTS) is 1. The van der Waals surface area contributed by atoms with Gasteiger partial charge in [-0.2, -0.15) is 0 Å². The van der Waals surface area contributed by atoms with E-state index in [2.05, 4.69) is 33.2 Å². The van der Waals surface area contributed by atoms with Gasteiger partial charge in [-0.3, -0.25) is 24.0 Å². The smallest absolute Gasteiger partial charge is 0.407 e. The summed E-state index contributed by atoms with van der Waals surface area (Å²) in [6.07, 6.45) is 12.3. The van der Waals surface area contributed by atoms with Crippen LogP contribution >= 0.6 is 0 Å².